The fourth-order valence-corrected chi connectivity index (χ4v) is 3.84. The molecule has 1 aliphatic heterocycles. The van der Waals surface area contributed by atoms with Crippen LogP contribution in [0.1, 0.15) is 5.56 Å². The van der Waals surface area contributed by atoms with Crippen LogP contribution >= 0.6 is 23.3 Å². The van der Waals surface area contributed by atoms with E-state index in [2.05, 4.69) is 14.7 Å². The van der Waals surface area contributed by atoms with E-state index in [9.17, 15) is 9.90 Å². The summed E-state index contributed by atoms with van der Waals surface area (Å²) in [6.07, 6.45) is 1.72. The summed E-state index contributed by atoms with van der Waals surface area (Å²) in [6, 6.07) is 14.6. The number of amidine groups is 1. The quantitative estimate of drug-likeness (QED) is 0.685. The molecule has 118 valence electrons. The molecule has 2 heterocycles. The number of phenolic OH excluding ortho intramolecular Hbond substituents is 1. The maximum absolute atomic E-state index is 12.1. The molecule has 2 N–H and O–H groups in total. The number of carbonyl (C=O) groups is 1. The highest BCUT2D eigenvalue weighted by atomic mass is 32.2. The summed E-state index contributed by atoms with van der Waals surface area (Å²) < 4.78 is 5.40. The lowest BCUT2D eigenvalue weighted by atomic mass is 10.2. The first-order valence-corrected chi connectivity index (χ1v) is 8.71. The van der Waals surface area contributed by atoms with Gasteiger partial charge in [-0.1, -0.05) is 24.3 Å². The second kappa shape index (κ2) is 6.10. The van der Waals surface area contributed by atoms with Gasteiger partial charge in [0.05, 0.1) is 9.61 Å². The molecule has 1 amide bonds. The first-order valence-electron chi connectivity index (χ1n) is 7.12. The van der Waals surface area contributed by atoms with Crippen molar-refractivity contribution in [3.05, 3.63) is 59.0 Å². The van der Waals surface area contributed by atoms with Gasteiger partial charge in [0.15, 0.2) is 11.0 Å². The predicted octanol–water partition coefficient (Wildman–Crippen LogP) is 3.89. The minimum Gasteiger partial charge on any atom is -0.508 e. The van der Waals surface area contributed by atoms with Crippen LogP contribution in [0.2, 0.25) is 0 Å². The minimum atomic E-state index is -0.207. The van der Waals surface area contributed by atoms with Gasteiger partial charge in [0.25, 0.3) is 5.91 Å². The fraction of sp³-hybridized carbons (Fsp3) is 0. The van der Waals surface area contributed by atoms with Crippen molar-refractivity contribution in [2.75, 3.05) is 0 Å². The molecule has 1 fully saturated rings. The molecular formula is C17H11N3O2S2. The molecule has 1 saturated heterocycles. The lowest BCUT2D eigenvalue weighted by Crippen LogP contribution is -2.19. The van der Waals surface area contributed by atoms with Crippen molar-refractivity contribution < 1.29 is 9.90 Å². The van der Waals surface area contributed by atoms with E-state index in [1.807, 2.05) is 30.3 Å². The third-order valence-corrected chi connectivity index (χ3v) is 5.11. The van der Waals surface area contributed by atoms with Gasteiger partial charge in [-0.15, -0.1) is 0 Å². The average molecular weight is 353 g/mol. The number of aliphatic imine (C=N–C) groups is 1. The molecular weight excluding hydrogens is 342 g/mol. The van der Waals surface area contributed by atoms with Crippen LogP contribution in [-0.2, 0) is 4.79 Å². The molecule has 0 spiro atoms. The van der Waals surface area contributed by atoms with Crippen LogP contribution in [0, 0.1) is 0 Å². The standard InChI is InChI=1S/C17H11N3O2S2/c21-11-5-3-4-10(8-11)9-14-16(22)19-17(23-14)18-15-12-6-1-2-7-13(12)24-20-15/h1-9,21H,(H,18,19,20,22)/b14-9+. The number of carbonyl (C=O) groups excluding carboxylic acids is 1. The second-order valence-electron chi connectivity index (χ2n) is 5.08. The molecule has 3 aromatic rings. The Kier molecular flexibility index (Phi) is 3.79. The Morgan fingerprint density at radius 1 is 1.17 bits per heavy atom. The summed E-state index contributed by atoms with van der Waals surface area (Å²) in [5, 5.41) is 13.7. The van der Waals surface area contributed by atoms with Gasteiger partial charge in [-0.25, -0.2) is 4.99 Å². The van der Waals surface area contributed by atoms with Crippen molar-refractivity contribution in [3.8, 4) is 5.75 Å². The molecule has 0 aliphatic carbocycles. The van der Waals surface area contributed by atoms with Crippen molar-refractivity contribution in [3.63, 3.8) is 0 Å². The van der Waals surface area contributed by atoms with E-state index in [0.717, 1.165) is 15.6 Å². The smallest absolute Gasteiger partial charge is 0.264 e. The maximum Gasteiger partial charge on any atom is 0.264 e. The Bertz CT molecular complexity index is 1010. The van der Waals surface area contributed by atoms with E-state index in [-0.39, 0.29) is 11.7 Å². The van der Waals surface area contributed by atoms with Crippen LogP contribution < -0.4 is 5.32 Å². The Hall–Kier alpha value is -2.64. The van der Waals surface area contributed by atoms with Crippen molar-refractivity contribution in [2.45, 2.75) is 0 Å². The average Bonchev–Trinajstić information content (AvgIpc) is 3.12. The summed E-state index contributed by atoms with van der Waals surface area (Å²) in [4.78, 5) is 17.1. The topological polar surface area (TPSA) is 74.6 Å². The van der Waals surface area contributed by atoms with Crippen molar-refractivity contribution in [1.29, 1.82) is 0 Å². The highest BCUT2D eigenvalue weighted by molar-refractivity contribution is 8.18. The third kappa shape index (κ3) is 2.91. The number of amides is 1. The molecule has 7 heteroatoms. The van der Waals surface area contributed by atoms with Crippen LogP contribution in [0.25, 0.3) is 16.2 Å². The van der Waals surface area contributed by atoms with Crippen LogP contribution in [-0.4, -0.2) is 20.6 Å². The summed E-state index contributed by atoms with van der Waals surface area (Å²) in [7, 11) is 0. The zero-order valence-electron chi connectivity index (χ0n) is 12.3. The largest absolute Gasteiger partial charge is 0.508 e. The van der Waals surface area contributed by atoms with E-state index in [1.165, 1.54) is 23.3 Å². The molecule has 0 unspecified atom stereocenters. The minimum absolute atomic E-state index is 0.163. The number of thioether (sulfide) groups is 1. The van der Waals surface area contributed by atoms with E-state index in [4.69, 9.17) is 0 Å². The number of hydrogen-bond acceptors (Lipinski definition) is 6. The van der Waals surface area contributed by atoms with E-state index < -0.39 is 0 Å². The summed E-state index contributed by atoms with van der Waals surface area (Å²) in [5.74, 6) is 0.564. The highest BCUT2D eigenvalue weighted by Crippen LogP contribution is 2.32. The van der Waals surface area contributed by atoms with Crippen LogP contribution in [0.3, 0.4) is 0 Å². The SMILES string of the molecule is O=C1NC(=Nc2nsc3ccccc23)S/C1=C/c1cccc(O)c1. The molecule has 1 aromatic heterocycles. The first kappa shape index (κ1) is 14.9. The normalized spacial score (nSPS) is 17.8. The lowest BCUT2D eigenvalue weighted by molar-refractivity contribution is -0.115. The van der Waals surface area contributed by atoms with Gasteiger partial charge in [-0.05, 0) is 59.2 Å². The molecule has 0 radical (unpaired) electrons. The molecule has 24 heavy (non-hydrogen) atoms. The number of phenols is 1. The molecule has 5 nitrogen and oxygen atoms in total. The van der Waals surface area contributed by atoms with Gasteiger partial charge in [0.2, 0.25) is 0 Å². The van der Waals surface area contributed by atoms with Crippen molar-refractivity contribution in [1.82, 2.24) is 9.69 Å². The van der Waals surface area contributed by atoms with Crippen LogP contribution in [0.4, 0.5) is 5.82 Å². The number of rotatable bonds is 2. The molecule has 0 atom stereocenters. The van der Waals surface area contributed by atoms with Crippen molar-refractivity contribution in [2.24, 2.45) is 4.99 Å². The predicted molar refractivity (Wildman–Crippen MR) is 98.5 cm³/mol. The summed E-state index contributed by atoms with van der Waals surface area (Å²) in [5.41, 5.74) is 0.757. The van der Waals surface area contributed by atoms with Crippen LogP contribution in [0.15, 0.2) is 58.4 Å². The molecule has 2 aromatic carbocycles. The highest BCUT2D eigenvalue weighted by Gasteiger charge is 2.24. The molecule has 4 rings (SSSR count). The number of fused-ring (bicyclic) bond motifs is 1. The Morgan fingerprint density at radius 3 is 2.92 bits per heavy atom. The van der Waals surface area contributed by atoms with Gasteiger partial charge in [-0.3, -0.25) is 4.79 Å². The zero-order chi connectivity index (χ0) is 16.5. The maximum atomic E-state index is 12.1. The van der Waals surface area contributed by atoms with Gasteiger partial charge in [-0.2, -0.15) is 4.37 Å². The van der Waals surface area contributed by atoms with E-state index in [1.54, 1.807) is 24.3 Å². The number of aromatic hydroxyl groups is 1. The Morgan fingerprint density at radius 2 is 2.04 bits per heavy atom. The lowest BCUT2D eigenvalue weighted by Gasteiger charge is -1.96. The van der Waals surface area contributed by atoms with Crippen LogP contribution in [0.5, 0.6) is 5.75 Å². The number of hydrogen-bond donors (Lipinski definition) is 2. The van der Waals surface area contributed by atoms with Gasteiger partial charge in [0, 0.05) is 5.39 Å². The Labute approximate surface area is 145 Å². The second-order valence-corrected chi connectivity index (χ2v) is 6.91. The third-order valence-electron chi connectivity index (χ3n) is 3.38. The fourth-order valence-electron chi connectivity index (χ4n) is 2.30. The van der Waals surface area contributed by atoms with Crippen molar-refractivity contribution >= 4 is 56.3 Å². The molecule has 1 aliphatic rings. The number of nitrogens with zero attached hydrogens (tertiary/aromatic N) is 2. The summed E-state index contributed by atoms with van der Waals surface area (Å²) >= 11 is 2.64. The molecule has 0 bridgehead atoms. The monoisotopic (exact) mass is 353 g/mol. The van der Waals surface area contributed by atoms with Gasteiger partial charge < -0.3 is 10.4 Å². The number of aromatic nitrogens is 1. The molecule has 0 saturated carbocycles. The summed E-state index contributed by atoms with van der Waals surface area (Å²) in [6.45, 7) is 0. The van der Waals surface area contributed by atoms with Gasteiger partial charge >= 0.3 is 0 Å². The first-order chi connectivity index (χ1) is 11.7. The Balaban J connectivity index is 1.64. The number of benzene rings is 2. The van der Waals surface area contributed by atoms with E-state index >= 15 is 0 Å². The van der Waals surface area contributed by atoms with Gasteiger partial charge in [0.1, 0.15) is 5.75 Å². The zero-order valence-corrected chi connectivity index (χ0v) is 13.9. The number of nitrogens with one attached hydrogen (secondary N) is 1. The van der Waals surface area contributed by atoms with E-state index in [0.29, 0.717) is 15.9 Å².